The van der Waals surface area contributed by atoms with Gasteiger partial charge in [-0.3, -0.25) is 9.36 Å². The number of halogens is 1. The number of aliphatic carboxylic acids is 1. The molecule has 3 aromatic rings. The number of carbonyl (C=O) groups is 1. The van der Waals surface area contributed by atoms with Gasteiger partial charge in [0, 0.05) is 15.7 Å². The number of thiophene rings is 1. The van der Waals surface area contributed by atoms with Crippen LogP contribution in [-0.4, -0.2) is 21.3 Å². The molecule has 2 heterocycles. The summed E-state index contributed by atoms with van der Waals surface area (Å²) in [5, 5.41) is 12.2. The van der Waals surface area contributed by atoms with Crippen LogP contribution in [0.4, 0.5) is 0 Å². The van der Waals surface area contributed by atoms with E-state index < -0.39 is 5.97 Å². The van der Waals surface area contributed by atoms with Crippen molar-refractivity contribution >= 4 is 50.9 Å². The third-order valence-electron chi connectivity index (χ3n) is 3.58. The molecule has 0 bridgehead atoms. The Balaban J connectivity index is 2.30. The molecule has 0 aliphatic heterocycles. The molecular weight excluding hydrogens is 368 g/mol. The summed E-state index contributed by atoms with van der Waals surface area (Å²) < 4.78 is 1.42. The predicted octanol–water partition coefficient (Wildman–Crippen LogP) is 2.56. The van der Waals surface area contributed by atoms with Crippen LogP contribution in [0.2, 0.25) is 5.02 Å². The fourth-order valence-corrected chi connectivity index (χ4v) is 4.24. The first kappa shape index (κ1) is 17.0. The summed E-state index contributed by atoms with van der Waals surface area (Å²) in [5.41, 5.74) is 1.26. The van der Waals surface area contributed by atoms with Gasteiger partial charge in [0.05, 0.1) is 17.0 Å². The molecule has 0 N–H and O–H groups in total. The average Bonchev–Trinajstić information content (AvgIpc) is 2.81. The van der Waals surface area contributed by atoms with Gasteiger partial charge < -0.3 is 9.90 Å². The molecule has 0 atom stereocenters. The maximum absolute atomic E-state index is 13.0. The molecule has 0 saturated carbocycles. The number of hydrogen-bond acceptors (Lipinski definition) is 6. The number of benzene rings is 1. The van der Waals surface area contributed by atoms with Gasteiger partial charge in [-0.2, -0.15) is 0 Å². The van der Waals surface area contributed by atoms with Crippen molar-refractivity contribution < 1.29 is 9.90 Å². The largest absolute Gasteiger partial charge is 0.549 e. The molecule has 0 aliphatic rings. The van der Waals surface area contributed by atoms with Crippen molar-refractivity contribution in [2.45, 2.75) is 19.0 Å². The monoisotopic (exact) mass is 379 g/mol. The molecule has 0 saturated heterocycles. The molecule has 1 aromatic carbocycles. The maximum atomic E-state index is 13.0. The summed E-state index contributed by atoms with van der Waals surface area (Å²) in [6, 6.07) is 6.75. The van der Waals surface area contributed by atoms with Gasteiger partial charge in [-0.1, -0.05) is 23.4 Å². The first-order chi connectivity index (χ1) is 11.4. The topological polar surface area (TPSA) is 75.0 Å². The Morgan fingerprint density at radius 3 is 2.62 bits per heavy atom. The number of nitrogens with zero attached hydrogens (tertiary/aromatic N) is 2. The zero-order chi connectivity index (χ0) is 17.4. The summed E-state index contributed by atoms with van der Waals surface area (Å²) in [6.45, 7) is 3.82. The number of thioether (sulfide) groups is 1. The van der Waals surface area contributed by atoms with E-state index in [9.17, 15) is 14.7 Å². The van der Waals surface area contributed by atoms with E-state index in [-0.39, 0.29) is 11.3 Å². The van der Waals surface area contributed by atoms with Gasteiger partial charge in [-0.15, -0.1) is 11.3 Å². The van der Waals surface area contributed by atoms with E-state index >= 15 is 0 Å². The molecule has 24 heavy (non-hydrogen) atoms. The van der Waals surface area contributed by atoms with Crippen LogP contribution in [0.25, 0.3) is 15.9 Å². The first-order valence-corrected chi connectivity index (χ1v) is 9.18. The van der Waals surface area contributed by atoms with E-state index in [1.54, 1.807) is 24.3 Å². The lowest BCUT2D eigenvalue weighted by atomic mass is 10.2. The Labute approximate surface area is 150 Å². The van der Waals surface area contributed by atoms with Gasteiger partial charge in [-0.25, -0.2) is 4.98 Å². The van der Waals surface area contributed by atoms with Crippen molar-refractivity contribution in [1.29, 1.82) is 0 Å². The lowest BCUT2D eigenvalue weighted by molar-refractivity contribution is -0.301. The number of rotatable bonds is 4. The summed E-state index contributed by atoms with van der Waals surface area (Å²) in [7, 11) is 0. The molecule has 8 heteroatoms. The molecule has 0 radical (unpaired) electrons. The summed E-state index contributed by atoms with van der Waals surface area (Å²) in [4.78, 5) is 30.0. The predicted molar refractivity (Wildman–Crippen MR) is 95.4 cm³/mol. The molecule has 3 rings (SSSR count). The second kappa shape index (κ2) is 6.58. The third-order valence-corrected chi connectivity index (χ3v) is 5.84. The van der Waals surface area contributed by atoms with Gasteiger partial charge >= 0.3 is 0 Å². The number of carboxylic acids is 1. The van der Waals surface area contributed by atoms with E-state index in [1.165, 1.54) is 15.9 Å². The van der Waals surface area contributed by atoms with Crippen LogP contribution in [0.15, 0.2) is 34.2 Å². The maximum Gasteiger partial charge on any atom is 0.267 e. The second-order valence-corrected chi connectivity index (χ2v) is 7.72. The Hall–Kier alpha value is -1.83. The van der Waals surface area contributed by atoms with E-state index in [0.29, 0.717) is 26.1 Å². The highest BCUT2D eigenvalue weighted by Crippen LogP contribution is 2.29. The fourth-order valence-electron chi connectivity index (χ4n) is 2.31. The third kappa shape index (κ3) is 3.07. The molecule has 124 valence electrons. The van der Waals surface area contributed by atoms with E-state index in [1.807, 2.05) is 13.8 Å². The minimum absolute atomic E-state index is 0.218. The summed E-state index contributed by atoms with van der Waals surface area (Å²) in [5.74, 6) is -1.50. The molecular formula is C16H12ClN2O3S2-. The van der Waals surface area contributed by atoms with E-state index in [0.717, 1.165) is 22.2 Å². The Kier molecular flexibility index (Phi) is 4.67. The highest BCUT2D eigenvalue weighted by Gasteiger charge is 2.18. The number of hydrogen-bond donors (Lipinski definition) is 0. The molecule has 2 aromatic heterocycles. The highest BCUT2D eigenvalue weighted by atomic mass is 35.5. The van der Waals surface area contributed by atoms with Gasteiger partial charge in [-0.05, 0) is 43.7 Å². The van der Waals surface area contributed by atoms with Crippen molar-refractivity contribution in [3.63, 3.8) is 0 Å². The molecule has 0 amide bonds. The minimum atomic E-state index is -1.21. The lowest BCUT2D eigenvalue weighted by Crippen LogP contribution is -2.26. The Morgan fingerprint density at radius 2 is 2.00 bits per heavy atom. The molecule has 0 unspecified atom stereocenters. The first-order valence-electron chi connectivity index (χ1n) is 7.00. The van der Waals surface area contributed by atoms with Crippen LogP contribution < -0.4 is 10.7 Å². The molecule has 0 spiro atoms. The van der Waals surface area contributed by atoms with Gasteiger partial charge in [0.1, 0.15) is 4.83 Å². The van der Waals surface area contributed by atoms with E-state index in [2.05, 4.69) is 4.98 Å². The van der Waals surface area contributed by atoms with Crippen LogP contribution in [0.3, 0.4) is 0 Å². The van der Waals surface area contributed by atoms with Crippen LogP contribution in [0.1, 0.15) is 10.4 Å². The van der Waals surface area contributed by atoms with Crippen LogP contribution in [0, 0.1) is 13.8 Å². The minimum Gasteiger partial charge on any atom is -0.549 e. The summed E-state index contributed by atoms with van der Waals surface area (Å²) >= 11 is 8.30. The number of fused-ring (bicyclic) bond motifs is 1. The van der Waals surface area contributed by atoms with Crippen molar-refractivity contribution in [2.24, 2.45) is 0 Å². The fraction of sp³-hybridized carbons (Fsp3) is 0.188. The zero-order valence-corrected chi connectivity index (χ0v) is 15.2. The van der Waals surface area contributed by atoms with Crippen molar-refractivity contribution in [1.82, 2.24) is 9.55 Å². The highest BCUT2D eigenvalue weighted by molar-refractivity contribution is 7.99. The van der Waals surface area contributed by atoms with Crippen molar-refractivity contribution in [3.05, 3.63) is 50.1 Å². The van der Waals surface area contributed by atoms with Crippen LogP contribution >= 0.6 is 34.7 Å². The molecule has 0 fully saturated rings. The number of aryl methyl sites for hydroxylation is 2. The second-order valence-electron chi connectivity index (χ2n) is 5.14. The Morgan fingerprint density at radius 1 is 1.33 bits per heavy atom. The van der Waals surface area contributed by atoms with Crippen LogP contribution in [0.5, 0.6) is 0 Å². The standard InChI is InChI=1S/C16H13ClN2O3S2/c1-8-9(2)24-14-13(8)15(22)19(11-5-3-10(17)4-6-11)16(18-14)23-7-12(20)21/h3-6H,7H2,1-2H3,(H,20,21)/p-1. The smallest absolute Gasteiger partial charge is 0.267 e. The van der Waals surface area contributed by atoms with Gasteiger partial charge in [0.25, 0.3) is 5.56 Å². The lowest BCUT2D eigenvalue weighted by Gasteiger charge is -2.12. The van der Waals surface area contributed by atoms with E-state index in [4.69, 9.17) is 11.6 Å². The van der Waals surface area contributed by atoms with Gasteiger partial charge in [0.15, 0.2) is 5.16 Å². The zero-order valence-electron chi connectivity index (χ0n) is 12.8. The Bertz CT molecular complexity index is 993. The quantitative estimate of drug-likeness (QED) is 0.514. The molecule has 0 aliphatic carbocycles. The van der Waals surface area contributed by atoms with Crippen molar-refractivity contribution in [3.8, 4) is 5.69 Å². The van der Waals surface area contributed by atoms with Crippen molar-refractivity contribution in [2.75, 3.05) is 5.75 Å². The van der Waals surface area contributed by atoms with Gasteiger partial charge in [0.2, 0.25) is 0 Å². The number of carboxylic acid groups (broad SMARTS) is 1. The number of aromatic nitrogens is 2. The average molecular weight is 380 g/mol. The summed E-state index contributed by atoms with van der Waals surface area (Å²) in [6.07, 6.45) is 0. The molecule has 5 nitrogen and oxygen atoms in total. The van der Waals surface area contributed by atoms with Crippen LogP contribution in [-0.2, 0) is 4.79 Å². The number of carbonyl (C=O) groups excluding carboxylic acids is 1. The normalized spacial score (nSPS) is 11.1. The SMILES string of the molecule is Cc1sc2nc(SCC(=O)[O-])n(-c3ccc(Cl)cc3)c(=O)c2c1C.